The van der Waals surface area contributed by atoms with E-state index in [1.54, 1.807) is 6.07 Å². The molecule has 0 fully saturated rings. The number of hydrogen-bond acceptors (Lipinski definition) is 1. The summed E-state index contributed by atoms with van der Waals surface area (Å²) in [6, 6.07) is 11.2. The van der Waals surface area contributed by atoms with Crippen molar-refractivity contribution in [2.75, 3.05) is 0 Å². The Kier molecular flexibility index (Phi) is 3.59. The lowest BCUT2D eigenvalue weighted by molar-refractivity contribution is 0.622. The highest BCUT2D eigenvalue weighted by Gasteiger charge is 2.15. The lowest BCUT2D eigenvalue weighted by Gasteiger charge is -2.15. The number of aryl methyl sites for hydroxylation is 1. The quantitative estimate of drug-likeness (QED) is 0.626. The third-order valence-electron chi connectivity index (χ3n) is 3.71. The molecular weight excluding hydrogens is 307 g/mol. The molecule has 3 aromatic rings. The van der Waals surface area contributed by atoms with Crippen LogP contribution in [0.2, 0.25) is 5.02 Å². The van der Waals surface area contributed by atoms with E-state index in [9.17, 15) is 4.39 Å². The van der Waals surface area contributed by atoms with Gasteiger partial charge in [-0.2, -0.15) is 0 Å². The van der Waals surface area contributed by atoms with Gasteiger partial charge in [0, 0.05) is 6.07 Å². The third-order valence-corrected chi connectivity index (χ3v) is 4.29. The average Bonchev–Trinajstić information content (AvgIpc) is 2.75. The van der Waals surface area contributed by atoms with Crippen molar-refractivity contribution in [1.82, 2.24) is 9.55 Å². The van der Waals surface area contributed by atoms with Gasteiger partial charge in [0.2, 0.25) is 0 Å². The summed E-state index contributed by atoms with van der Waals surface area (Å²) in [6.07, 6.45) is 0. The molecule has 0 saturated heterocycles. The van der Waals surface area contributed by atoms with E-state index in [-0.39, 0.29) is 11.1 Å². The molecule has 0 saturated carbocycles. The Morgan fingerprint density at radius 3 is 2.57 bits per heavy atom. The second-order valence-electron chi connectivity index (χ2n) is 5.17. The molecule has 0 bridgehead atoms. The van der Waals surface area contributed by atoms with Crippen molar-refractivity contribution in [3.63, 3.8) is 0 Å². The SMILES string of the molecule is Cc1ccc(C(C)n2c(=S)[nH]c3cc(Cl)c(F)cc32)cc1. The van der Waals surface area contributed by atoms with E-state index in [1.807, 2.05) is 18.4 Å². The van der Waals surface area contributed by atoms with Crippen molar-refractivity contribution in [3.8, 4) is 0 Å². The highest BCUT2D eigenvalue weighted by Crippen LogP contribution is 2.28. The Hall–Kier alpha value is -1.65. The fourth-order valence-corrected chi connectivity index (χ4v) is 3.03. The summed E-state index contributed by atoms with van der Waals surface area (Å²) >= 11 is 11.2. The Morgan fingerprint density at radius 2 is 1.90 bits per heavy atom. The van der Waals surface area contributed by atoms with Gasteiger partial charge in [0.15, 0.2) is 4.77 Å². The van der Waals surface area contributed by atoms with E-state index in [4.69, 9.17) is 23.8 Å². The van der Waals surface area contributed by atoms with Crippen LogP contribution in [0.4, 0.5) is 4.39 Å². The molecule has 1 atom stereocenters. The molecule has 0 aliphatic carbocycles. The van der Waals surface area contributed by atoms with Crippen LogP contribution in [-0.4, -0.2) is 9.55 Å². The van der Waals surface area contributed by atoms with Gasteiger partial charge < -0.3 is 9.55 Å². The van der Waals surface area contributed by atoms with E-state index in [1.165, 1.54) is 11.6 Å². The van der Waals surface area contributed by atoms with Crippen LogP contribution in [0, 0.1) is 17.5 Å². The Labute approximate surface area is 132 Å². The van der Waals surface area contributed by atoms with Crippen molar-refractivity contribution in [2.24, 2.45) is 0 Å². The van der Waals surface area contributed by atoms with E-state index >= 15 is 0 Å². The molecule has 1 N–H and O–H groups in total. The molecule has 1 unspecified atom stereocenters. The van der Waals surface area contributed by atoms with Crippen LogP contribution in [0.5, 0.6) is 0 Å². The number of aromatic amines is 1. The minimum Gasteiger partial charge on any atom is -0.331 e. The molecule has 0 aliphatic heterocycles. The highest BCUT2D eigenvalue weighted by atomic mass is 35.5. The topological polar surface area (TPSA) is 20.7 Å². The number of hydrogen-bond donors (Lipinski definition) is 1. The van der Waals surface area contributed by atoms with Crippen LogP contribution < -0.4 is 0 Å². The van der Waals surface area contributed by atoms with E-state index < -0.39 is 5.82 Å². The molecule has 1 aromatic heterocycles. The summed E-state index contributed by atoms with van der Waals surface area (Å²) in [6.45, 7) is 4.09. The number of imidazole rings is 1. The third kappa shape index (κ3) is 2.49. The molecule has 21 heavy (non-hydrogen) atoms. The number of nitrogens with one attached hydrogen (secondary N) is 1. The predicted molar refractivity (Wildman–Crippen MR) is 87.1 cm³/mol. The number of halogens is 2. The standard InChI is InChI=1S/C16H14ClFN2S/c1-9-3-5-11(6-4-9)10(2)20-15-8-13(18)12(17)7-14(15)19-16(20)21/h3-8,10H,1-2H3,(H,19,21). The first-order valence-electron chi connectivity index (χ1n) is 6.63. The zero-order valence-electron chi connectivity index (χ0n) is 11.7. The van der Waals surface area contributed by atoms with Crippen molar-refractivity contribution in [3.05, 3.63) is 63.1 Å². The molecule has 0 amide bonds. The molecule has 3 rings (SSSR count). The summed E-state index contributed by atoms with van der Waals surface area (Å²) in [7, 11) is 0. The first kappa shape index (κ1) is 14.3. The first-order valence-corrected chi connectivity index (χ1v) is 7.42. The Morgan fingerprint density at radius 1 is 1.24 bits per heavy atom. The molecule has 2 nitrogen and oxygen atoms in total. The molecule has 1 heterocycles. The number of rotatable bonds is 2. The number of H-pyrrole nitrogens is 1. The summed E-state index contributed by atoms with van der Waals surface area (Å²) < 4.78 is 16.2. The smallest absolute Gasteiger partial charge is 0.178 e. The highest BCUT2D eigenvalue weighted by molar-refractivity contribution is 7.71. The fourth-order valence-electron chi connectivity index (χ4n) is 2.50. The average molecular weight is 321 g/mol. The fraction of sp³-hybridized carbons (Fsp3) is 0.188. The van der Waals surface area contributed by atoms with Gasteiger partial charge in [0.05, 0.1) is 22.1 Å². The van der Waals surface area contributed by atoms with E-state index in [2.05, 4.69) is 29.2 Å². The number of fused-ring (bicyclic) bond motifs is 1. The molecular formula is C16H14ClFN2S. The van der Waals surface area contributed by atoms with Crippen LogP contribution in [0.15, 0.2) is 36.4 Å². The molecule has 2 aromatic carbocycles. The molecule has 108 valence electrons. The van der Waals surface area contributed by atoms with Gasteiger partial charge >= 0.3 is 0 Å². The molecule has 0 radical (unpaired) electrons. The van der Waals surface area contributed by atoms with Gasteiger partial charge in [-0.15, -0.1) is 0 Å². The summed E-state index contributed by atoms with van der Waals surface area (Å²) in [5, 5.41) is 0.0916. The molecule has 0 aliphatic rings. The van der Waals surface area contributed by atoms with Crippen LogP contribution >= 0.6 is 23.8 Å². The van der Waals surface area contributed by atoms with Gasteiger partial charge in [0.25, 0.3) is 0 Å². The lowest BCUT2D eigenvalue weighted by Crippen LogP contribution is -2.06. The Bertz CT molecular complexity index is 864. The maximum Gasteiger partial charge on any atom is 0.178 e. The second kappa shape index (κ2) is 5.28. The van der Waals surface area contributed by atoms with Crippen LogP contribution in [0.25, 0.3) is 11.0 Å². The zero-order chi connectivity index (χ0) is 15.1. The maximum atomic E-state index is 13.8. The second-order valence-corrected chi connectivity index (χ2v) is 5.96. The van der Waals surface area contributed by atoms with Gasteiger partial charge in [0.1, 0.15) is 5.82 Å². The number of aromatic nitrogens is 2. The number of benzene rings is 2. The van der Waals surface area contributed by atoms with Crippen molar-refractivity contribution < 1.29 is 4.39 Å². The van der Waals surface area contributed by atoms with Gasteiger partial charge in [-0.05, 0) is 37.7 Å². The van der Waals surface area contributed by atoms with Crippen molar-refractivity contribution >= 4 is 34.9 Å². The first-order chi connectivity index (χ1) is 9.97. The minimum atomic E-state index is -0.442. The van der Waals surface area contributed by atoms with Crippen LogP contribution in [-0.2, 0) is 0 Å². The Balaban J connectivity index is 2.19. The summed E-state index contributed by atoms with van der Waals surface area (Å²) in [5.74, 6) is -0.442. The van der Waals surface area contributed by atoms with Crippen LogP contribution in [0.3, 0.4) is 0 Å². The van der Waals surface area contributed by atoms with Crippen molar-refractivity contribution in [1.29, 1.82) is 0 Å². The van der Waals surface area contributed by atoms with E-state index in [0.29, 0.717) is 4.77 Å². The van der Waals surface area contributed by atoms with Crippen molar-refractivity contribution in [2.45, 2.75) is 19.9 Å². The molecule has 5 heteroatoms. The lowest BCUT2D eigenvalue weighted by atomic mass is 10.1. The summed E-state index contributed by atoms with van der Waals surface area (Å²) in [5.41, 5.74) is 3.78. The predicted octanol–water partition coefficient (Wildman–Crippen LogP) is 5.41. The maximum absolute atomic E-state index is 13.8. The van der Waals surface area contributed by atoms with Gasteiger partial charge in [-0.25, -0.2) is 4.39 Å². The zero-order valence-corrected chi connectivity index (χ0v) is 13.2. The monoisotopic (exact) mass is 320 g/mol. The summed E-state index contributed by atoms with van der Waals surface area (Å²) in [4.78, 5) is 3.08. The van der Waals surface area contributed by atoms with Gasteiger partial charge in [-0.1, -0.05) is 41.4 Å². The largest absolute Gasteiger partial charge is 0.331 e. The minimum absolute atomic E-state index is 0.00688. The number of nitrogens with zero attached hydrogens (tertiary/aromatic N) is 1. The van der Waals surface area contributed by atoms with E-state index in [0.717, 1.165) is 16.6 Å². The molecule has 0 spiro atoms. The van der Waals surface area contributed by atoms with Crippen LogP contribution in [0.1, 0.15) is 24.1 Å². The van der Waals surface area contributed by atoms with Gasteiger partial charge in [-0.3, -0.25) is 0 Å². The normalized spacial score (nSPS) is 12.8.